The van der Waals surface area contributed by atoms with Gasteiger partial charge in [-0.15, -0.1) is 0 Å². The highest BCUT2D eigenvalue weighted by Crippen LogP contribution is 2.11. The molecular formula is C10H17N3O2. The van der Waals surface area contributed by atoms with Crippen LogP contribution in [0.3, 0.4) is 0 Å². The Kier molecular flexibility index (Phi) is 3.85. The SMILES string of the molecule is Cc1noc(C)c1CNC(C)CC(N)=O. The van der Waals surface area contributed by atoms with E-state index in [0.717, 1.165) is 17.0 Å². The number of rotatable bonds is 5. The van der Waals surface area contributed by atoms with Gasteiger partial charge in [0.1, 0.15) is 5.76 Å². The minimum absolute atomic E-state index is 0.0659. The van der Waals surface area contributed by atoms with Crippen LogP contribution in [0.15, 0.2) is 4.52 Å². The lowest BCUT2D eigenvalue weighted by atomic mass is 10.1. The molecule has 0 aliphatic carbocycles. The van der Waals surface area contributed by atoms with E-state index in [-0.39, 0.29) is 11.9 Å². The topological polar surface area (TPSA) is 81.2 Å². The molecule has 5 heteroatoms. The number of carbonyl (C=O) groups is 1. The molecule has 0 aliphatic rings. The average Bonchev–Trinajstić information content (AvgIpc) is 2.42. The number of nitrogens with two attached hydrogens (primary N) is 1. The fraction of sp³-hybridized carbons (Fsp3) is 0.600. The summed E-state index contributed by atoms with van der Waals surface area (Å²) in [5.41, 5.74) is 7.02. The predicted molar refractivity (Wildman–Crippen MR) is 56.1 cm³/mol. The van der Waals surface area contributed by atoms with Crippen molar-refractivity contribution in [2.75, 3.05) is 0 Å². The van der Waals surface area contributed by atoms with Gasteiger partial charge in [0.2, 0.25) is 5.91 Å². The second-order valence-corrected chi connectivity index (χ2v) is 3.76. The summed E-state index contributed by atoms with van der Waals surface area (Å²) >= 11 is 0. The van der Waals surface area contributed by atoms with E-state index in [1.54, 1.807) is 0 Å². The molecular weight excluding hydrogens is 194 g/mol. The Morgan fingerprint density at radius 1 is 1.60 bits per heavy atom. The predicted octanol–water partition coefficient (Wildman–Crippen LogP) is 0.645. The molecule has 1 amide bonds. The lowest BCUT2D eigenvalue weighted by molar-refractivity contribution is -0.118. The normalized spacial score (nSPS) is 12.7. The Morgan fingerprint density at radius 2 is 2.27 bits per heavy atom. The maximum Gasteiger partial charge on any atom is 0.218 e. The summed E-state index contributed by atoms with van der Waals surface area (Å²) < 4.78 is 5.03. The van der Waals surface area contributed by atoms with Crippen molar-refractivity contribution in [3.63, 3.8) is 0 Å². The van der Waals surface area contributed by atoms with Gasteiger partial charge >= 0.3 is 0 Å². The average molecular weight is 211 g/mol. The molecule has 0 spiro atoms. The zero-order valence-electron chi connectivity index (χ0n) is 9.33. The Bertz CT molecular complexity index is 327. The van der Waals surface area contributed by atoms with Crippen LogP contribution in [0.4, 0.5) is 0 Å². The van der Waals surface area contributed by atoms with Crippen molar-refractivity contribution in [2.45, 2.75) is 39.8 Å². The zero-order valence-corrected chi connectivity index (χ0v) is 9.33. The highest BCUT2D eigenvalue weighted by molar-refractivity contribution is 5.74. The fourth-order valence-corrected chi connectivity index (χ4v) is 1.40. The number of hydrogen-bond acceptors (Lipinski definition) is 4. The first-order chi connectivity index (χ1) is 7.00. The van der Waals surface area contributed by atoms with E-state index in [2.05, 4.69) is 10.5 Å². The molecule has 1 rings (SSSR count). The Hall–Kier alpha value is -1.36. The van der Waals surface area contributed by atoms with Crippen molar-refractivity contribution < 1.29 is 9.32 Å². The van der Waals surface area contributed by atoms with Gasteiger partial charge in [-0.3, -0.25) is 4.79 Å². The van der Waals surface area contributed by atoms with Crippen molar-refractivity contribution in [2.24, 2.45) is 5.73 Å². The third kappa shape index (κ3) is 3.36. The van der Waals surface area contributed by atoms with Gasteiger partial charge in [0, 0.05) is 24.6 Å². The molecule has 1 aromatic heterocycles. The third-order valence-corrected chi connectivity index (χ3v) is 2.32. The smallest absolute Gasteiger partial charge is 0.218 e. The van der Waals surface area contributed by atoms with Gasteiger partial charge < -0.3 is 15.6 Å². The van der Waals surface area contributed by atoms with E-state index < -0.39 is 0 Å². The Morgan fingerprint density at radius 3 is 2.73 bits per heavy atom. The maximum atomic E-state index is 10.7. The highest BCUT2D eigenvalue weighted by atomic mass is 16.5. The van der Waals surface area contributed by atoms with Crippen LogP contribution in [-0.4, -0.2) is 17.1 Å². The molecule has 0 aromatic carbocycles. The molecule has 0 radical (unpaired) electrons. The van der Waals surface area contributed by atoms with Gasteiger partial charge in [-0.25, -0.2) is 0 Å². The van der Waals surface area contributed by atoms with E-state index in [1.165, 1.54) is 0 Å². The Balaban J connectivity index is 2.46. The number of carbonyl (C=O) groups excluding carboxylic acids is 1. The summed E-state index contributed by atoms with van der Waals surface area (Å²) in [4.78, 5) is 10.7. The van der Waals surface area contributed by atoms with E-state index in [1.807, 2.05) is 20.8 Å². The first-order valence-electron chi connectivity index (χ1n) is 4.94. The number of hydrogen-bond donors (Lipinski definition) is 2. The van der Waals surface area contributed by atoms with Crippen LogP contribution >= 0.6 is 0 Å². The van der Waals surface area contributed by atoms with Crippen LogP contribution in [0.1, 0.15) is 30.4 Å². The number of nitrogens with one attached hydrogen (secondary N) is 1. The number of nitrogens with zero attached hydrogens (tertiary/aromatic N) is 1. The van der Waals surface area contributed by atoms with Crippen molar-refractivity contribution in [1.29, 1.82) is 0 Å². The van der Waals surface area contributed by atoms with Gasteiger partial charge in [-0.1, -0.05) is 5.16 Å². The summed E-state index contributed by atoms with van der Waals surface area (Å²) in [6.07, 6.45) is 0.337. The largest absolute Gasteiger partial charge is 0.370 e. The van der Waals surface area contributed by atoms with E-state index in [9.17, 15) is 4.79 Å². The minimum Gasteiger partial charge on any atom is -0.370 e. The van der Waals surface area contributed by atoms with Crippen LogP contribution in [0.25, 0.3) is 0 Å². The standard InChI is InChI=1S/C10H17N3O2/c1-6(4-10(11)14)12-5-9-7(2)13-15-8(9)3/h6,12H,4-5H2,1-3H3,(H2,11,14). The molecule has 15 heavy (non-hydrogen) atoms. The molecule has 1 heterocycles. The first kappa shape index (κ1) is 11.7. The molecule has 0 saturated heterocycles. The van der Waals surface area contributed by atoms with Gasteiger partial charge in [-0.2, -0.15) is 0 Å². The second kappa shape index (κ2) is 4.93. The van der Waals surface area contributed by atoms with Crippen molar-refractivity contribution in [3.05, 3.63) is 17.0 Å². The monoisotopic (exact) mass is 211 g/mol. The zero-order chi connectivity index (χ0) is 11.4. The van der Waals surface area contributed by atoms with Crippen LogP contribution in [0.5, 0.6) is 0 Å². The molecule has 84 valence electrons. The third-order valence-electron chi connectivity index (χ3n) is 2.32. The summed E-state index contributed by atoms with van der Waals surface area (Å²) in [5, 5.41) is 7.05. The molecule has 5 nitrogen and oxygen atoms in total. The summed E-state index contributed by atoms with van der Waals surface area (Å²) in [5.74, 6) is 0.514. The fourth-order valence-electron chi connectivity index (χ4n) is 1.40. The molecule has 0 bridgehead atoms. The molecule has 1 aromatic rings. The van der Waals surface area contributed by atoms with E-state index in [4.69, 9.17) is 10.3 Å². The number of aryl methyl sites for hydroxylation is 2. The van der Waals surface area contributed by atoms with Crippen molar-refractivity contribution in [3.8, 4) is 0 Å². The van der Waals surface area contributed by atoms with Gasteiger partial charge in [0.25, 0.3) is 0 Å². The lowest BCUT2D eigenvalue weighted by Crippen LogP contribution is -2.30. The van der Waals surface area contributed by atoms with Crippen molar-refractivity contribution >= 4 is 5.91 Å². The number of primary amides is 1. The second-order valence-electron chi connectivity index (χ2n) is 3.76. The minimum atomic E-state index is -0.297. The van der Waals surface area contributed by atoms with Gasteiger partial charge in [0.05, 0.1) is 5.69 Å². The van der Waals surface area contributed by atoms with Crippen LogP contribution < -0.4 is 11.1 Å². The molecule has 0 fully saturated rings. The summed E-state index contributed by atoms with van der Waals surface area (Å²) in [7, 11) is 0. The van der Waals surface area contributed by atoms with E-state index >= 15 is 0 Å². The summed E-state index contributed by atoms with van der Waals surface area (Å²) in [6, 6.07) is 0.0659. The van der Waals surface area contributed by atoms with Crippen LogP contribution in [0.2, 0.25) is 0 Å². The van der Waals surface area contributed by atoms with E-state index in [0.29, 0.717) is 13.0 Å². The van der Waals surface area contributed by atoms with Gasteiger partial charge in [-0.05, 0) is 20.8 Å². The summed E-state index contributed by atoms with van der Waals surface area (Å²) in [6.45, 7) is 6.33. The number of aromatic nitrogens is 1. The maximum absolute atomic E-state index is 10.7. The molecule has 0 aliphatic heterocycles. The van der Waals surface area contributed by atoms with Gasteiger partial charge in [0.15, 0.2) is 0 Å². The van der Waals surface area contributed by atoms with Crippen LogP contribution in [-0.2, 0) is 11.3 Å². The molecule has 1 unspecified atom stereocenters. The van der Waals surface area contributed by atoms with Crippen LogP contribution in [0, 0.1) is 13.8 Å². The lowest BCUT2D eigenvalue weighted by Gasteiger charge is -2.11. The molecule has 0 saturated carbocycles. The Labute approximate surface area is 89.0 Å². The highest BCUT2D eigenvalue weighted by Gasteiger charge is 2.11. The van der Waals surface area contributed by atoms with Crippen molar-refractivity contribution in [1.82, 2.24) is 10.5 Å². The first-order valence-corrected chi connectivity index (χ1v) is 4.94. The number of amides is 1. The molecule has 3 N–H and O–H groups in total. The molecule has 1 atom stereocenters. The quantitative estimate of drug-likeness (QED) is 0.749.